The smallest absolute Gasteiger partial charge is 0.270 e. The number of fused-ring (bicyclic) bond motifs is 1. The highest BCUT2D eigenvalue weighted by Gasteiger charge is 2.33. The molecule has 7 heteroatoms. The van der Waals surface area contributed by atoms with E-state index in [1.807, 2.05) is 34.6 Å². The molecule has 2 atom stereocenters. The largest absolute Gasteiger partial charge is 0.448 e. The number of hydrogen-bond acceptors (Lipinski definition) is 3. The number of aryl methyl sites for hydroxylation is 1. The van der Waals surface area contributed by atoms with Gasteiger partial charge in [0.05, 0.1) is 12.8 Å². The summed E-state index contributed by atoms with van der Waals surface area (Å²) in [5.41, 5.74) is 3.57. The fraction of sp³-hybridized carbons (Fsp3) is 0.391. The molecule has 0 aliphatic carbocycles. The molecule has 3 heterocycles. The second kappa shape index (κ2) is 8.19. The zero-order valence-corrected chi connectivity index (χ0v) is 18.2. The number of nitrogens with zero attached hydrogens (tertiary/aromatic N) is 3. The van der Waals surface area contributed by atoms with Crippen LogP contribution in [0.2, 0.25) is 0 Å². The van der Waals surface area contributed by atoms with Crippen LogP contribution in [0.5, 0.6) is 0 Å². The number of carbonyl (C=O) groups is 2. The molecule has 4 rings (SSSR count). The summed E-state index contributed by atoms with van der Waals surface area (Å²) < 4.78 is 7.63. The van der Waals surface area contributed by atoms with Gasteiger partial charge in [0.1, 0.15) is 11.1 Å². The summed E-state index contributed by atoms with van der Waals surface area (Å²) in [5, 5.41) is 0.344. The van der Waals surface area contributed by atoms with Gasteiger partial charge >= 0.3 is 0 Å². The number of amides is 2. The van der Waals surface area contributed by atoms with Crippen molar-refractivity contribution in [2.75, 3.05) is 19.6 Å². The number of alkyl halides is 1. The molecule has 158 valence electrons. The lowest BCUT2D eigenvalue weighted by Crippen LogP contribution is -2.56. The Morgan fingerprint density at radius 2 is 2.03 bits per heavy atom. The molecule has 3 aromatic rings. The van der Waals surface area contributed by atoms with Crippen LogP contribution in [-0.4, -0.2) is 57.2 Å². The maximum atomic E-state index is 13.4. The number of aromatic nitrogens is 1. The third kappa shape index (κ3) is 3.84. The quantitative estimate of drug-likeness (QED) is 0.593. The highest BCUT2D eigenvalue weighted by atomic mass is 35.5. The molecule has 0 spiro atoms. The lowest BCUT2D eigenvalue weighted by Gasteiger charge is -2.40. The van der Waals surface area contributed by atoms with Crippen molar-refractivity contribution in [1.82, 2.24) is 14.4 Å². The number of carbonyl (C=O) groups excluding carboxylic acids is 2. The summed E-state index contributed by atoms with van der Waals surface area (Å²) in [6, 6.07) is 11.9. The molecular weight excluding hydrogens is 402 g/mol. The van der Waals surface area contributed by atoms with Gasteiger partial charge in [-0.05, 0) is 38.5 Å². The Morgan fingerprint density at radius 1 is 1.23 bits per heavy atom. The van der Waals surface area contributed by atoms with Crippen LogP contribution < -0.4 is 0 Å². The summed E-state index contributed by atoms with van der Waals surface area (Å²) >= 11 is 5.98. The van der Waals surface area contributed by atoms with Gasteiger partial charge in [-0.25, -0.2) is 0 Å². The minimum absolute atomic E-state index is 0.0491. The molecule has 2 amide bonds. The predicted octanol–water partition coefficient (Wildman–Crippen LogP) is 3.89. The number of hydrogen-bond donors (Lipinski definition) is 0. The Kier molecular flexibility index (Phi) is 5.60. The van der Waals surface area contributed by atoms with Gasteiger partial charge in [-0.3, -0.25) is 9.59 Å². The summed E-state index contributed by atoms with van der Waals surface area (Å²) in [6.45, 7) is 7.68. The Labute approximate surface area is 181 Å². The van der Waals surface area contributed by atoms with Crippen LogP contribution in [0.25, 0.3) is 11.1 Å². The highest BCUT2D eigenvalue weighted by molar-refractivity contribution is 6.30. The molecule has 2 unspecified atom stereocenters. The van der Waals surface area contributed by atoms with E-state index in [-0.39, 0.29) is 17.9 Å². The van der Waals surface area contributed by atoms with Crippen molar-refractivity contribution >= 4 is 34.5 Å². The molecule has 1 aliphatic heterocycles. The van der Waals surface area contributed by atoms with Gasteiger partial charge in [-0.15, -0.1) is 11.6 Å². The van der Waals surface area contributed by atoms with Crippen LogP contribution in [0.4, 0.5) is 0 Å². The topological polar surface area (TPSA) is 58.7 Å². The van der Waals surface area contributed by atoms with E-state index in [0.717, 1.165) is 10.9 Å². The average Bonchev–Trinajstić information content (AvgIpc) is 3.29. The standard InChI is InChI=1S/C23H26ClN3O3/c1-15-5-4-6-18(11-15)14-27-20(12-19-7-10-30-23(19)27)22(29)25-8-9-26(16(2)13-25)21(28)17(3)24/h4-7,10-12,16-17H,8-9,13-14H2,1-3H3. The van der Waals surface area contributed by atoms with Crippen molar-refractivity contribution in [3.63, 3.8) is 0 Å². The third-order valence-corrected chi connectivity index (χ3v) is 5.87. The van der Waals surface area contributed by atoms with Gasteiger partial charge < -0.3 is 18.8 Å². The fourth-order valence-corrected chi connectivity index (χ4v) is 4.29. The predicted molar refractivity (Wildman–Crippen MR) is 117 cm³/mol. The third-order valence-electron chi connectivity index (χ3n) is 5.68. The van der Waals surface area contributed by atoms with Crippen molar-refractivity contribution in [3.8, 4) is 0 Å². The van der Waals surface area contributed by atoms with Gasteiger partial charge in [0, 0.05) is 31.1 Å². The van der Waals surface area contributed by atoms with Gasteiger partial charge in [0.2, 0.25) is 11.6 Å². The van der Waals surface area contributed by atoms with Crippen molar-refractivity contribution in [1.29, 1.82) is 0 Å². The molecule has 1 aliphatic rings. The van der Waals surface area contributed by atoms with E-state index in [0.29, 0.717) is 37.6 Å². The summed E-state index contributed by atoms with van der Waals surface area (Å²) in [4.78, 5) is 29.3. The monoisotopic (exact) mass is 427 g/mol. The second-order valence-corrected chi connectivity index (χ2v) is 8.69. The minimum atomic E-state index is -0.562. The fourth-order valence-electron chi connectivity index (χ4n) is 4.16. The van der Waals surface area contributed by atoms with Gasteiger partial charge in [-0.1, -0.05) is 29.8 Å². The second-order valence-electron chi connectivity index (χ2n) is 8.03. The maximum Gasteiger partial charge on any atom is 0.270 e. The Morgan fingerprint density at radius 3 is 2.73 bits per heavy atom. The molecule has 0 N–H and O–H groups in total. The van der Waals surface area contributed by atoms with Crippen molar-refractivity contribution < 1.29 is 14.0 Å². The van der Waals surface area contributed by atoms with Crippen molar-refractivity contribution in [3.05, 3.63) is 59.5 Å². The Bertz CT molecular complexity index is 1080. The van der Waals surface area contributed by atoms with Crippen LogP contribution in [0.3, 0.4) is 0 Å². The molecule has 2 aromatic heterocycles. The molecule has 1 fully saturated rings. The van der Waals surface area contributed by atoms with Crippen LogP contribution in [0.1, 0.15) is 35.5 Å². The number of rotatable bonds is 4. The molecular formula is C23H26ClN3O3. The molecule has 0 bridgehead atoms. The van der Waals surface area contributed by atoms with Crippen LogP contribution >= 0.6 is 11.6 Å². The van der Waals surface area contributed by atoms with Crippen LogP contribution in [0.15, 0.2) is 47.1 Å². The van der Waals surface area contributed by atoms with Gasteiger partial charge in [0.15, 0.2) is 0 Å². The molecule has 1 aromatic carbocycles. The molecule has 6 nitrogen and oxygen atoms in total. The minimum Gasteiger partial charge on any atom is -0.448 e. The summed E-state index contributed by atoms with van der Waals surface area (Å²) in [6.07, 6.45) is 1.64. The van der Waals surface area contributed by atoms with E-state index in [9.17, 15) is 9.59 Å². The molecule has 0 radical (unpaired) electrons. The van der Waals surface area contributed by atoms with E-state index in [1.165, 1.54) is 5.56 Å². The molecule has 0 saturated carbocycles. The van der Waals surface area contributed by atoms with Crippen LogP contribution in [-0.2, 0) is 11.3 Å². The molecule has 30 heavy (non-hydrogen) atoms. The van der Waals surface area contributed by atoms with E-state index < -0.39 is 5.38 Å². The maximum absolute atomic E-state index is 13.4. The van der Waals surface area contributed by atoms with Gasteiger partial charge in [-0.2, -0.15) is 0 Å². The van der Waals surface area contributed by atoms with Crippen molar-refractivity contribution in [2.24, 2.45) is 0 Å². The lowest BCUT2D eigenvalue weighted by atomic mass is 10.1. The summed E-state index contributed by atoms with van der Waals surface area (Å²) in [5.74, 6) is -0.136. The van der Waals surface area contributed by atoms with E-state index >= 15 is 0 Å². The average molecular weight is 428 g/mol. The first-order valence-corrected chi connectivity index (χ1v) is 10.6. The number of piperazine rings is 1. The SMILES string of the molecule is Cc1cccc(Cn2c(C(=O)N3CCN(C(=O)C(C)Cl)C(C)C3)cc3ccoc32)c1. The number of furan rings is 1. The Hall–Kier alpha value is -2.73. The Balaban J connectivity index is 1.60. The first kappa shape index (κ1) is 20.5. The number of benzene rings is 1. The zero-order chi connectivity index (χ0) is 21.4. The van der Waals surface area contributed by atoms with E-state index in [2.05, 4.69) is 25.1 Å². The number of halogens is 1. The summed E-state index contributed by atoms with van der Waals surface area (Å²) in [7, 11) is 0. The van der Waals surface area contributed by atoms with Crippen LogP contribution in [0, 0.1) is 6.92 Å². The molecule has 1 saturated heterocycles. The normalized spacial score (nSPS) is 18.1. The lowest BCUT2D eigenvalue weighted by molar-refractivity contribution is -0.134. The first-order chi connectivity index (χ1) is 14.3. The van der Waals surface area contributed by atoms with E-state index in [4.69, 9.17) is 16.0 Å². The van der Waals surface area contributed by atoms with Crippen molar-refractivity contribution in [2.45, 2.75) is 38.7 Å². The van der Waals surface area contributed by atoms with E-state index in [1.54, 1.807) is 18.1 Å². The zero-order valence-electron chi connectivity index (χ0n) is 17.5. The van der Waals surface area contributed by atoms with Gasteiger partial charge in [0.25, 0.3) is 5.91 Å². The highest BCUT2D eigenvalue weighted by Crippen LogP contribution is 2.25. The first-order valence-electron chi connectivity index (χ1n) is 10.2.